The fraction of sp³-hybridized carbons (Fsp3) is 0.385. The van der Waals surface area contributed by atoms with Crippen molar-refractivity contribution >= 4 is 15.8 Å². The van der Waals surface area contributed by atoms with Crippen molar-refractivity contribution in [3.63, 3.8) is 0 Å². The van der Waals surface area contributed by atoms with Gasteiger partial charge in [-0.2, -0.15) is 5.10 Å². The molecule has 2 rings (SSSR count). The molecular weight excluding hydrogens is 290 g/mol. The van der Waals surface area contributed by atoms with E-state index in [4.69, 9.17) is 0 Å². The zero-order chi connectivity index (χ0) is 15.6. The van der Waals surface area contributed by atoms with Crippen LogP contribution >= 0.6 is 0 Å². The van der Waals surface area contributed by atoms with Crippen molar-refractivity contribution in [3.05, 3.63) is 35.3 Å². The van der Waals surface area contributed by atoms with Gasteiger partial charge < -0.3 is 5.32 Å². The highest BCUT2D eigenvalue weighted by Gasteiger charge is 2.17. The van der Waals surface area contributed by atoms with E-state index in [1.54, 1.807) is 11.7 Å². The maximum absolute atomic E-state index is 12.3. The van der Waals surface area contributed by atoms with E-state index in [1.807, 2.05) is 20.9 Å². The molecule has 7 nitrogen and oxygen atoms in total. The predicted octanol–water partition coefficient (Wildman–Crippen LogP) is 0.952. The lowest BCUT2D eigenvalue weighted by molar-refractivity contribution is 0.581. The zero-order valence-electron chi connectivity index (χ0n) is 12.5. The third-order valence-electron chi connectivity index (χ3n) is 3.40. The summed E-state index contributed by atoms with van der Waals surface area (Å²) in [5.74, 6) is 0.506. The van der Waals surface area contributed by atoms with Crippen LogP contribution in [0.1, 0.15) is 17.0 Å². The Labute approximate surface area is 124 Å². The molecule has 0 amide bonds. The van der Waals surface area contributed by atoms with Gasteiger partial charge in [0.1, 0.15) is 5.82 Å². The van der Waals surface area contributed by atoms with E-state index in [2.05, 4.69) is 20.1 Å². The third kappa shape index (κ3) is 3.22. The number of nitrogens with one attached hydrogen (secondary N) is 2. The number of anilines is 1. The molecule has 2 N–H and O–H groups in total. The molecular formula is C13H19N5O2S. The van der Waals surface area contributed by atoms with Gasteiger partial charge in [0.05, 0.1) is 10.6 Å². The first-order valence-electron chi connectivity index (χ1n) is 6.47. The number of hydrogen-bond acceptors (Lipinski definition) is 5. The highest BCUT2D eigenvalue weighted by molar-refractivity contribution is 7.89. The van der Waals surface area contributed by atoms with Gasteiger partial charge in [-0.1, -0.05) is 0 Å². The van der Waals surface area contributed by atoms with Crippen molar-refractivity contribution < 1.29 is 8.42 Å². The van der Waals surface area contributed by atoms with E-state index in [9.17, 15) is 8.42 Å². The number of pyridine rings is 1. The predicted molar refractivity (Wildman–Crippen MR) is 80.5 cm³/mol. The summed E-state index contributed by atoms with van der Waals surface area (Å²) in [5.41, 5.74) is 2.66. The zero-order valence-corrected chi connectivity index (χ0v) is 13.3. The van der Waals surface area contributed by atoms with Crippen LogP contribution in [0.25, 0.3) is 0 Å². The minimum Gasteiger partial charge on any atom is -0.373 e. The van der Waals surface area contributed by atoms with E-state index in [0.29, 0.717) is 5.82 Å². The molecule has 0 aliphatic rings. The van der Waals surface area contributed by atoms with Gasteiger partial charge in [-0.05, 0) is 19.9 Å². The highest BCUT2D eigenvalue weighted by atomic mass is 32.2. The maximum Gasteiger partial charge on any atom is 0.241 e. The Balaban J connectivity index is 2.21. The summed E-state index contributed by atoms with van der Waals surface area (Å²) in [6.07, 6.45) is 1.46. The van der Waals surface area contributed by atoms with Gasteiger partial charge in [0.2, 0.25) is 10.0 Å². The van der Waals surface area contributed by atoms with Crippen LogP contribution in [0.4, 0.5) is 5.82 Å². The first-order valence-corrected chi connectivity index (χ1v) is 7.96. The highest BCUT2D eigenvalue weighted by Crippen LogP contribution is 2.15. The van der Waals surface area contributed by atoms with Gasteiger partial charge >= 0.3 is 0 Å². The number of nitrogens with zero attached hydrogens (tertiary/aromatic N) is 3. The Morgan fingerprint density at radius 3 is 2.62 bits per heavy atom. The maximum atomic E-state index is 12.3. The molecule has 0 bridgehead atoms. The summed E-state index contributed by atoms with van der Waals surface area (Å²) in [7, 11) is -0.0576. The minimum atomic E-state index is -3.58. The van der Waals surface area contributed by atoms with Crippen LogP contribution in [-0.2, 0) is 23.6 Å². The van der Waals surface area contributed by atoms with E-state index >= 15 is 0 Å². The first-order chi connectivity index (χ1) is 9.85. The lowest BCUT2D eigenvalue weighted by atomic mass is 10.2. The molecule has 0 aromatic carbocycles. The van der Waals surface area contributed by atoms with E-state index in [1.165, 1.54) is 18.3 Å². The van der Waals surface area contributed by atoms with Gasteiger partial charge in [0.15, 0.2) is 0 Å². The molecule has 2 aromatic rings. The Hall–Kier alpha value is -1.93. The van der Waals surface area contributed by atoms with Crippen molar-refractivity contribution in [2.75, 3.05) is 12.4 Å². The molecule has 2 heterocycles. The molecule has 0 atom stereocenters. The van der Waals surface area contributed by atoms with Crippen molar-refractivity contribution in [2.24, 2.45) is 7.05 Å². The lowest BCUT2D eigenvalue weighted by Crippen LogP contribution is -2.24. The van der Waals surface area contributed by atoms with Crippen molar-refractivity contribution in [2.45, 2.75) is 25.3 Å². The number of rotatable bonds is 5. The fourth-order valence-electron chi connectivity index (χ4n) is 2.04. The van der Waals surface area contributed by atoms with E-state index < -0.39 is 10.0 Å². The molecule has 0 fully saturated rings. The van der Waals surface area contributed by atoms with Crippen molar-refractivity contribution in [1.82, 2.24) is 19.5 Å². The largest absolute Gasteiger partial charge is 0.373 e. The Bertz CT molecular complexity index is 752. The topological polar surface area (TPSA) is 88.9 Å². The molecule has 114 valence electrons. The minimum absolute atomic E-state index is 0.182. The summed E-state index contributed by atoms with van der Waals surface area (Å²) in [5, 5.41) is 7.09. The molecule has 0 aliphatic heterocycles. The lowest BCUT2D eigenvalue weighted by Gasteiger charge is -2.08. The van der Waals surface area contributed by atoms with Crippen LogP contribution < -0.4 is 10.0 Å². The van der Waals surface area contributed by atoms with Gasteiger partial charge in [0, 0.05) is 44.2 Å². The standard InChI is InChI=1S/C13H19N5O2S/c1-9-12(10(2)18(4)17-9)8-16-21(19,20)11-5-6-15-13(7-11)14-3/h5-7,16H,8H2,1-4H3,(H,14,15). The second kappa shape index (κ2) is 5.82. The summed E-state index contributed by atoms with van der Waals surface area (Å²) in [6, 6.07) is 2.96. The molecule has 0 saturated carbocycles. The third-order valence-corrected chi connectivity index (χ3v) is 4.79. The second-order valence-electron chi connectivity index (χ2n) is 4.72. The summed E-state index contributed by atoms with van der Waals surface area (Å²) in [4.78, 5) is 4.19. The van der Waals surface area contributed by atoms with E-state index in [-0.39, 0.29) is 11.4 Å². The van der Waals surface area contributed by atoms with Crippen LogP contribution in [0, 0.1) is 13.8 Å². The van der Waals surface area contributed by atoms with Gasteiger partial charge in [0.25, 0.3) is 0 Å². The first kappa shape index (κ1) is 15.5. The number of hydrogen-bond donors (Lipinski definition) is 2. The molecule has 0 aliphatic carbocycles. The molecule has 2 aromatic heterocycles. The number of aryl methyl sites for hydroxylation is 2. The van der Waals surface area contributed by atoms with Gasteiger partial charge in [-0.25, -0.2) is 18.1 Å². The SMILES string of the molecule is CNc1cc(S(=O)(=O)NCc2c(C)nn(C)c2C)ccn1. The number of sulfonamides is 1. The Morgan fingerprint density at radius 2 is 2.05 bits per heavy atom. The van der Waals surface area contributed by atoms with Crippen molar-refractivity contribution in [3.8, 4) is 0 Å². The summed E-state index contributed by atoms with van der Waals surface area (Å²) >= 11 is 0. The second-order valence-corrected chi connectivity index (χ2v) is 6.49. The van der Waals surface area contributed by atoms with Crippen molar-refractivity contribution in [1.29, 1.82) is 0 Å². The molecule has 0 spiro atoms. The van der Waals surface area contributed by atoms with Crippen LogP contribution in [0.5, 0.6) is 0 Å². The van der Waals surface area contributed by atoms with Gasteiger partial charge in [-0.15, -0.1) is 0 Å². The number of aromatic nitrogens is 3. The molecule has 8 heteroatoms. The Kier molecular flexibility index (Phi) is 4.29. The van der Waals surface area contributed by atoms with Crippen LogP contribution in [0.15, 0.2) is 23.2 Å². The van der Waals surface area contributed by atoms with Crippen LogP contribution in [0.3, 0.4) is 0 Å². The summed E-state index contributed by atoms with van der Waals surface area (Å²) in [6.45, 7) is 3.99. The molecule has 0 saturated heterocycles. The monoisotopic (exact) mass is 309 g/mol. The van der Waals surface area contributed by atoms with Crippen LogP contribution in [0.2, 0.25) is 0 Å². The molecule has 0 unspecified atom stereocenters. The fourth-order valence-corrected chi connectivity index (χ4v) is 3.05. The van der Waals surface area contributed by atoms with Crippen LogP contribution in [-0.4, -0.2) is 30.2 Å². The smallest absolute Gasteiger partial charge is 0.241 e. The summed E-state index contributed by atoms with van der Waals surface area (Å²) < 4.78 is 29.0. The van der Waals surface area contributed by atoms with E-state index in [0.717, 1.165) is 17.0 Å². The quantitative estimate of drug-likeness (QED) is 0.858. The normalized spacial score (nSPS) is 11.6. The molecule has 21 heavy (non-hydrogen) atoms. The average molecular weight is 309 g/mol. The van der Waals surface area contributed by atoms with Gasteiger partial charge in [-0.3, -0.25) is 4.68 Å². The Morgan fingerprint density at radius 1 is 1.33 bits per heavy atom. The molecule has 0 radical (unpaired) electrons. The average Bonchev–Trinajstić information content (AvgIpc) is 2.70.